The first kappa shape index (κ1) is 22.9. The molecule has 3 aromatic rings. The van der Waals surface area contributed by atoms with Gasteiger partial charge in [-0.2, -0.15) is 0 Å². The van der Waals surface area contributed by atoms with Gasteiger partial charge in [0.25, 0.3) is 5.91 Å². The van der Waals surface area contributed by atoms with Crippen LogP contribution in [0.5, 0.6) is 0 Å². The third kappa shape index (κ3) is 5.89. The third-order valence-electron chi connectivity index (χ3n) is 4.96. The van der Waals surface area contributed by atoms with Gasteiger partial charge in [0.1, 0.15) is 24.0 Å². The Bertz CT molecular complexity index is 1090. The lowest BCUT2D eigenvalue weighted by atomic mass is 9.95. The molecule has 0 saturated carbocycles. The van der Waals surface area contributed by atoms with Gasteiger partial charge < -0.3 is 20.8 Å². The molecule has 8 nitrogen and oxygen atoms in total. The predicted molar refractivity (Wildman–Crippen MR) is 120 cm³/mol. The molecule has 2 unspecified atom stereocenters. The second kappa shape index (κ2) is 10.5. The Kier molecular flexibility index (Phi) is 7.51. The van der Waals surface area contributed by atoms with Crippen LogP contribution in [0.4, 0.5) is 5.69 Å². The van der Waals surface area contributed by atoms with Gasteiger partial charge >= 0.3 is 5.97 Å². The number of H-pyrrole nitrogens is 1. The maximum Gasteiger partial charge on any atom is 0.323 e. The zero-order valence-corrected chi connectivity index (χ0v) is 18.0. The first-order valence-electron chi connectivity index (χ1n) is 10.3. The van der Waals surface area contributed by atoms with Gasteiger partial charge in [-0.3, -0.25) is 14.4 Å². The quantitative estimate of drug-likeness (QED) is 0.350. The van der Waals surface area contributed by atoms with Crippen LogP contribution in [0.1, 0.15) is 45.4 Å². The summed E-state index contributed by atoms with van der Waals surface area (Å²) in [5.74, 6) is -2.08. The van der Waals surface area contributed by atoms with Crippen molar-refractivity contribution in [1.29, 1.82) is 0 Å². The molecule has 0 aliphatic heterocycles. The lowest BCUT2D eigenvalue weighted by Gasteiger charge is -2.15. The predicted octanol–water partition coefficient (Wildman–Crippen LogP) is 3.25. The summed E-state index contributed by atoms with van der Waals surface area (Å²) in [6.45, 7) is 3.67. The standard InChI is InChI=1S/C24H26N4O4/c1-15-7-6-10-18(11-15)28-23(30)21-20(26-14-27-21)22(29)16(2)12-19(25)24(31)32-13-17-8-4-3-5-9-17/h3-11,14,16,19H,12-13,25H2,1-2H3,(H,26,27)(H,28,30). The van der Waals surface area contributed by atoms with Crippen LogP contribution in [0.2, 0.25) is 0 Å². The van der Waals surface area contributed by atoms with Crippen LogP contribution < -0.4 is 11.1 Å². The number of nitrogens with zero attached hydrogens (tertiary/aromatic N) is 1. The first-order chi connectivity index (χ1) is 15.3. The van der Waals surface area contributed by atoms with Crippen molar-refractivity contribution < 1.29 is 19.1 Å². The topological polar surface area (TPSA) is 127 Å². The molecule has 3 rings (SSSR count). The van der Waals surface area contributed by atoms with Gasteiger partial charge in [-0.05, 0) is 36.6 Å². The van der Waals surface area contributed by atoms with E-state index in [-0.39, 0.29) is 30.2 Å². The highest BCUT2D eigenvalue weighted by molar-refractivity contribution is 6.11. The number of carbonyl (C=O) groups excluding carboxylic acids is 3. The average Bonchev–Trinajstić information content (AvgIpc) is 3.27. The number of esters is 1. The highest BCUT2D eigenvalue weighted by Gasteiger charge is 2.28. The lowest BCUT2D eigenvalue weighted by Crippen LogP contribution is -2.35. The summed E-state index contributed by atoms with van der Waals surface area (Å²) in [6, 6.07) is 15.6. The zero-order valence-electron chi connectivity index (χ0n) is 18.0. The molecule has 0 radical (unpaired) electrons. The average molecular weight is 434 g/mol. The van der Waals surface area contributed by atoms with Crippen LogP contribution >= 0.6 is 0 Å². The van der Waals surface area contributed by atoms with Crippen LogP contribution in [0.3, 0.4) is 0 Å². The lowest BCUT2D eigenvalue weighted by molar-refractivity contribution is -0.146. The number of aromatic amines is 1. The van der Waals surface area contributed by atoms with Crippen LogP contribution in [0.25, 0.3) is 0 Å². The maximum atomic E-state index is 12.9. The summed E-state index contributed by atoms with van der Waals surface area (Å²) in [7, 11) is 0. The van der Waals surface area contributed by atoms with E-state index in [0.717, 1.165) is 11.1 Å². The number of Topliss-reactive ketones (excluding diaryl/α,β-unsaturated/α-hetero) is 1. The molecule has 1 aromatic heterocycles. The fraction of sp³-hybridized carbons (Fsp3) is 0.250. The van der Waals surface area contributed by atoms with Crippen molar-refractivity contribution in [2.24, 2.45) is 11.7 Å². The Morgan fingerprint density at radius 2 is 1.88 bits per heavy atom. The summed E-state index contributed by atoms with van der Waals surface area (Å²) < 4.78 is 5.24. The molecule has 0 fully saturated rings. The number of nitrogens with two attached hydrogens (primary N) is 1. The number of imidazole rings is 1. The molecule has 0 spiro atoms. The SMILES string of the molecule is Cc1cccc(NC(=O)c2[nH]cnc2C(=O)C(C)CC(N)C(=O)OCc2ccccc2)c1. The summed E-state index contributed by atoms with van der Waals surface area (Å²) in [4.78, 5) is 44.5. The number of aromatic nitrogens is 2. The minimum Gasteiger partial charge on any atom is -0.460 e. The highest BCUT2D eigenvalue weighted by atomic mass is 16.5. The van der Waals surface area contributed by atoms with E-state index in [4.69, 9.17) is 10.5 Å². The molecule has 2 atom stereocenters. The molecule has 166 valence electrons. The van der Waals surface area contributed by atoms with E-state index in [1.165, 1.54) is 6.33 Å². The van der Waals surface area contributed by atoms with Crippen molar-refractivity contribution >= 4 is 23.3 Å². The minimum absolute atomic E-state index is 0.00695. The molecule has 0 aliphatic carbocycles. The van der Waals surface area contributed by atoms with E-state index in [2.05, 4.69) is 15.3 Å². The number of hydrogen-bond acceptors (Lipinski definition) is 6. The normalized spacial score (nSPS) is 12.6. The molecule has 1 heterocycles. The Morgan fingerprint density at radius 1 is 1.12 bits per heavy atom. The second-order valence-corrected chi connectivity index (χ2v) is 7.65. The number of ketones is 1. The molecule has 0 saturated heterocycles. The monoisotopic (exact) mass is 434 g/mol. The van der Waals surface area contributed by atoms with Crippen molar-refractivity contribution in [2.75, 3.05) is 5.32 Å². The molecular formula is C24H26N4O4. The van der Waals surface area contributed by atoms with Gasteiger partial charge in [0.2, 0.25) is 0 Å². The van der Waals surface area contributed by atoms with Gasteiger partial charge in [0.15, 0.2) is 5.78 Å². The molecule has 0 bridgehead atoms. The molecule has 32 heavy (non-hydrogen) atoms. The molecule has 0 aliphatic rings. The van der Waals surface area contributed by atoms with Crippen LogP contribution in [-0.2, 0) is 16.1 Å². The largest absolute Gasteiger partial charge is 0.460 e. The number of benzene rings is 2. The Hall–Kier alpha value is -3.78. The third-order valence-corrected chi connectivity index (χ3v) is 4.96. The van der Waals surface area contributed by atoms with Gasteiger partial charge in [-0.15, -0.1) is 0 Å². The van der Waals surface area contributed by atoms with Gasteiger partial charge in [0, 0.05) is 11.6 Å². The number of rotatable bonds is 9. The van der Waals surface area contributed by atoms with Crippen molar-refractivity contribution in [1.82, 2.24) is 9.97 Å². The second-order valence-electron chi connectivity index (χ2n) is 7.65. The fourth-order valence-corrected chi connectivity index (χ4v) is 3.22. The van der Waals surface area contributed by atoms with E-state index in [1.807, 2.05) is 55.5 Å². The Morgan fingerprint density at radius 3 is 2.59 bits per heavy atom. The fourth-order valence-electron chi connectivity index (χ4n) is 3.22. The Labute approximate surface area is 186 Å². The summed E-state index contributed by atoms with van der Waals surface area (Å²) >= 11 is 0. The zero-order chi connectivity index (χ0) is 23.1. The molecule has 8 heteroatoms. The van der Waals surface area contributed by atoms with Crippen molar-refractivity contribution in [3.8, 4) is 0 Å². The van der Waals surface area contributed by atoms with Gasteiger partial charge in [0.05, 0.1) is 6.33 Å². The number of ether oxygens (including phenoxy) is 1. The summed E-state index contributed by atoms with van der Waals surface area (Å²) in [6.07, 6.45) is 1.36. The summed E-state index contributed by atoms with van der Waals surface area (Å²) in [5, 5.41) is 2.75. The molecule has 2 aromatic carbocycles. The number of carbonyl (C=O) groups is 3. The van der Waals surface area contributed by atoms with E-state index >= 15 is 0 Å². The maximum absolute atomic E-state index is 12.9. The van der Waals surface area contributed by atoms with Crippen molar-refractivity contribution in [3.05, 3.63) is 83.4 Å². The van der Waals surface area contributed by atoms with E-state index in [1.54, 1.807) is 13.0 Å². The number of aryl methyl sites for hydroxylation is 1. The first-order valence-corrected chi connectivity index (χ1v) is 10.3. The molecular weight excluding hydrogens is 408 g/mol. The number of hydrogen-bond donors (Lipinski definition) is 3. The highest BCUT2D eigenvalue weighted by Crippen LogP contribution is 2.17. The van der Waals surface area contributed by atoms with Crippen molar-refractivity contribution in [3.63, 3.8) is 0 Å². The van der Waals surface area contributed by atoms with Crippen LogP contribution in [0.15, 0.2) is 60.9 Å². The molecule has 1 amide bonds. The Balaban J connectivity index is 1.59. The van der Waals surface area contributed by atoms with Crippen LogP contribution in [0, 0.1) is 12.8 Å². The van der Waals surface area contributed by atoms with Gasteiger partial charge in [-0.25, -0.2) is 4.98 Å². The van der Waals surface area contributed by atoms with E-state index < -0.39 is 23.8 Å². The van der Waals surface area contributed by atoms with E-state index in [9.17, 15) is 14.4 Å². The number of amides is 1. The smallest absolute Gasteiger partial charge is 0.323 e. The van der Waals surface area contributed by atoms with E-state index in [0.29, 0.717) is 5.69 Å². The molecule has 4 N–H and O–H groups in total. The summed E-state index contributed by atoms with van der Waals surface area (Å²) in [5.41, 5.74) is 8.47. The van der Waals surface area contributed by atoms with Crippen molar-refractivity contribution in [2.45, 2.75) is 32.9 Å². The van der Waals surface area contributed by atoms with Crippen LogP contribution in [-0.4, -0.2) is 33.7 Å². The minimum atomic E-state index is -0.971. The van der Waals surface area contributed by atoms with Gasteiger partial charge in [-0.1, -0.05) is 49.4 Å². The number of anilines is 1. The number of nitrogens with one attached hydrogen (secondary N) is 2.